The molecule has 0 aliphatic carbocycles. The van der Waals surface area contributed by atoms with Crippen molar-refractivity contribution in [3.63, 3.8) is 0 Å². The number of hydrogen-bond acceptors (Lipinski definition) is 4. The zero-order chi connectivity index (χ0) is 14.4. The Kier molecular flexibility index (Phi) is 13.7. The van der Waals surface area contributed by atoms with E-state index in [0.717, 1.165) is 24.9 Å². The number of unbranched alkanes of at least 4 members (excludes halogenated alkanes) is 1. The third-order valence-electron chi connectivity index (χ3n) is 2.59. The molecule has 0 heterocycles. The molecule has 0 rings (SSSR count). The van der Waals surface area contributed by atoms with Gasteiger partial charge in [-0.05, 0) is 19.8 Å². The number of rotatable bonds is 8. The van der Waals surface area contributed by atoms with Crippen LogP contribution in [0.1, 0.15) is 40.0 Å². The number of nitrogens with zero attached hydrogens (tertiary/aromatic N) is 1. The standard InChI is InChI=1S/C11H26NO.C2H4O3/c1-5-8-10-12(4,9-6-2)11-13-7-3;1-5-2(3)4/h5-11H2,1-4H3;1H3,(H,3,4)/q+1;/p-1. The summed E-state index contributed by atoms with van der Waals surface area (Å²) in [5, 5.41) is 9.03. The van der Waals surface area contributed by atoms with Gasteiger partial charge >= 0.3 is 0 Å². The summed E-state index contributed by atoms with van der Waals surface area (Å²) < 4.78 is 10.2. The minimum atomic E-state index is -1.50. The average Bonchev–Trinajstić information content (AvgIpc) is 2.35. The van der Waals surface area contributed by atoms with Gasteiger partial charge in [0.05, 0.1) is 20.1 Å². The van der Waals surface area contributed by atoms with E-state index in [1.54, 1.807) is 0 Å². The molecule has 5 nitrogen and oxygen atoms in total. The van der Waals surface area contributed by atoms with Gasteiger partial charge in [0.2, 0.25) is 0 Å². The van der Waals surface area contributed by atoms with E-state index < -0.39 is 6.16 Å². The summed E-state index contributed by atoms with van der Waals surface area (Å²) in [5.74, 6) is 0. The van der Waals surface area contributed by atoms with Crippen LogP contribution >= 0.6 is 0 Å². The summed E-state index contributed by atoms with van der Waals surface area (Å²) >= 11 is 0. The average molecular weight is 263 g/mol. The fourth-order valence-electron chi connectivity index (χ4n) is 1.63. The van der Waals surface area contributed by atoms with Gasteiger partial charge in [0.25, 0.3) is 6.16 Å². The summed E-state index contributed by atoms with van der Waals surface area (Å²) in [7, 11) is 3.34. The molecule has 5 heteroatoms. The van der Waals surface area contributed by atoms with Crippen LogP contribution in [0.5, 0.6) is 0 Å². The van der Waals surface area contributed by atoms with Crippen molar-refractivity contribution in [3.05, 3.63) is 0 Å². The Labute approximate surface area is 111 Å². The van der Waals surface area contributed by atoms with Gasteiger partial charge in [-0.15, -0.1) is 0 Å². The van der Waals surface area contributed by atoms with Crippen molar-refractivity contribution >= 4 is 6.16 Å². The molecule has 0 aliphatic heterocycles. The van der Waals surface area contributed by atoms with Crippen LogP contribution in [-0.2, 0) is 9.47 Å². The molecular formula is C13H29NO4. The van der Waals surface area contributed by atoms with E-state index in [9.17, 15) is 0 Å². The maximum atomic E-state index is 9.03. The number of ether oxygens (including phenoxy) is 2. The first-order valence-electron chi connectivity index (χ1n) is 6.62. The first-order chi connectivity index (χ1) is 8.45. The predicted molar refractivity (Wildman–Crippen MR) is 70.0 cm³/mol. The van der Waals surface area contributed by atoms with E-state index >= 15 is 0 Å². The quantitative estimate of drug-likeness (QED) is 0.379. The highest BCUT2D eigenvalue weighted by atomic mass is 16.6. The van der Waals surface area contributed by atoms with Crippen LogP contribution in [0.2, 0.25) is 0 Å². The molecule has 0 fully saturated rings. The molecule has 0 aromatic heterocycles. The van der Waals surface area contributed by atoms with Crippen molar-refractivity contribution in [3.8, 4) is 0 Å². The van der Waals surface area contributed by atoms with Crippen LogP contribution in [0, 0.1) is 0 Å². The van der Waals surface area contributed by atoms with Gasteiger partial charge in [-0.25, -0.2) is 0 Å². The molecule has 0 bridgehead atoms. The lowest BCUT2D eigenvalue weighted by Gasteiger charge is -2.33. The van der Waals surface area contributed by atoms with Crippen molar-refractivity contribution in [2.24, 2.45) is 0 Å². The van der Waals surface area contributed by atoms with Crippen molar-refractivity contribution in [2.45, 2.75) is 40.0 Å². The molecule has 0 aromatic carbocycles. The molecule has 110 valence electrons. The van der Waals surface area contributed by atoms with E-state index in [4.69, 9.17) is 14.6 Å². The van der Waals surface area contributed by atoms with Crippen LogP contribution in [0.25, 0.3) is 0 Å². The maximum Gasteiger partial charge on any atom is 0.251 e. The number of carbonyl (C=O) groups excluding carboxylic acids is 1. The molecule has 0 radical (unpaired) electrons. The number of quaternary nitrogens is 1. The SMILES string of the molecule is CCCC[N+](C)(CCC)COCC.COC(=O)[O-]. The second-order valence-electron chi connectivity index (χ2n) is 4.50. The number of carboxylic acid groups (broad SMARTS) is 1. The Morgan fingerprint density at radius 3 is 2.06 bits per heavy atom. The van der Waals surface area contributed by atoms with Crippen molar-refractivity contribution in [1.29, 1.82) is 0 Å². The van der Waals surface area contributed by atoms with E-state index in [2.05, 4.69) is 32.6 Å². The zero-order valence-electron chi connectivity index (χ0n) is 12.5. The van der Waals surface area contributed by atoms with Gasteiger partial charge in [-0.2, -0.15) is 0 Å². The smallest absolute Gasteiger partial charge is 0.251 e. The molecule has 18 heavy (non-hydrogen) atoms. The maximum absolute atomic E-state index is 9.03. The molecule has 1 atom stereocenters. The summed E-state index contributed by atoms with van der Waals surface area (Å²) in [6.45, 7) is 10.8. The second kappa shape index (κ2) is 12.6. The normalized spacial score (nSPS) is 13.2. The molecule has 0 N–H and O–H groups in total. The lowest BCUT2D eigenvalue weighted by molar-refractivity contribution is -0.928. The summed E-state index contributed by atoms with van der Waals surface area (Å²) in [4.78, 5) is 9.03. The van der Waals surface area contributed by atoms with Crippen molar-refractivity contribution < 1.29 is 23.9 Å². The number of carbonyl (C=O) groups is 1. The zero-order valence-corrected chi connectivity index (χ0v) is 12.5. The Morgan fingerprint density at radius 2 is 1.72 bits per heavy atom. The molecule has 1 unspecified atom stereocenters. The lowest BCUT2D eigenvalue weighted by atomic mass is 10.2. The highest BCUT2D eigenvalue weighted by Crippen LogP contribution is 2.07. The van der Waals surface area contributed by atoms with E-state index in [0.29, 0.717) is 0 Å². The van der Waals surface area contributed by atoms with Crippen molar-refractivity contribution in [1.82, 2.24) is 0 Å². The Bertz CT molecular complexity index is 189. The van der Waals surface area contributed by atoms with Gasteiger partial charge < -0.3 is 23.9 Å². The third-order valence-corrected chi connectivity index (χ3v) is 2.59. The fraction of sp³-hybridized carbons (Fsp3) is 0.923. The molecule has 0 aromatic rings. The number of hydrogen-bond donors (Lipinski definition) is 0. The van der Waals surface area contributed by atoms with Crippen LogP contribution in [0.3, 0.4) is 0 Å². The van der Waals surface area contributed by atoms with Gasteiger partial charge in [0.1, 0.15) is 0 Å². The van der Waals surface area contributed by atoms with Crippen molar-refractivity contribution in [2.75, 3.05) is 40.6 Å². The fourth-order valence-corrected chi connectivity index (χ4v) is 1.63. The molecule has 0 amide bonds. The highest BCUT2D eigenvalue weighted by Gasteiger charge is 2.19. The van der Waals surface area contributed by atoms with Crippen LogP contribution in [-0.4, -0.2) is 51.2 Å². The molecule has 0 saturated heterocycles. The monoisotopic (exact) mass is 263 g/mol. The Balaban J connectivity index is 0. The minimum Gasteiger partial charge on any atom is -0.553 e. The van der Waals surface area contributed by atoms with Gasteiger partial charge in [0, 0.05) is 13.7 Å². The largest absolute Gasteiger partial charge is 0.553 e. The Hall–Kier alpha value is -0.810. The first kappa shape index (κ1) is 19.5. The van der Waals surface area contributed by atoms with Crippen LogP contribution in [0.4, 0.5) is 4.79 Å². The van der Waals surface area contributed by atoms with Gasteiger partial charge in [-0.3, -0.25) is 0 Å². The van der Waals surface area contributed by atoms with Gasteiger partial charge in [-0.1, -0.05) is 20.3 Å². The molecule has 0 aliphatic rings. The Morgan fingerprint density at radius 1 is 1.17 bits per heavy atom. The first-order valence-corrected chi connectivity index (χ1v) is 6.62. The molecule has 0 saturated carbocycles. The van der Waals surface area contributed by atoms with E-state index in [-0.39, 0.29) is 0 Å². The lowest BCUT2D eigenvalue weighted by Crippen LogP contribution is -2.47. The summed E-state index contributed by atoms with van der Waals surface area (Å²) in [6, 6.07) is 0. The van der Waals surface area contributed by atoms with Crippen LogP contribution < -0.4 is 5.11 Å². The summed E-state index contributed by atoms with van der Waals surface area (Å²) in [5.41, 5.74) is 0. The third kappa shape index (κ3) is 13.3. The van der Waals surface area contributed by atoms with E-state index in [1.165, 1.54) is 32.4 Å². The van der Waals surface area contributed by atoms with E-state index in [1.807, 2.05) is 0 Å². The topological polar surface area (TPSA) is 58.6 Å². The molecular weight excluding hydrogens is 234 g/mol. The predicted octanol–water partition coefficient (Wildman–Crippen LogP) is 1.61. The second-order valence-corrected chi connectivity index (χ2v) is 4.50. The van der Waals surface area contributed by atoms with Gasteiger partial charge in [0.15, 0.2) is 6.73 Å². The number of methoxy groups -OCH3 is 1. The highest BCUT2D eigenvalue weighted by molar-refractivity contribution is 5.53. The minimum absolute atomic E-state index is 0.837. The van der Waals surface area contributed by atoms with Crippen LogP contribution in [0.15, 0.2) is 0 Å². The summed E-state index contributed by atoms with van der Waals surface area (Å²) in [6.07, 6.45) is 2.34. The molecule has 0 spiro atoms.